The van der Waals surface area contributed by atoms with Gasteiger partial charge in [-0.15, -0.1) is 10.2 Å². The van der Waals surface area contributed by atoms with E-state index in [0.29, 0.717) is 11.2 Å². The first-order valence-electron chi connectivity index (χ1n) is 5.67. The first-order chi connectivity index (χ1) is 8.65. The maximum absolute atomic E-state index is 11.9. The number of nitrogens with one attached hydrogen (secondary N) is 1. The number of rotatable bonds is 2. The number of hydrogen-bond donors (Lipinski definition) is 2. The van der Waals surface area contributed by atoms with Crippen LogP contribution in [0.25, 0.3) is 10.9 Å². The Kier molecular flexibility index (Phi) is 2.81. The quantitative estimate of drug-likeness (QED) is 0.805. The highest BCUT2D eigenvalue weighted by atomic mass is 127. The zero-order valence-corrected chi connectivity index (χ0v) is 11.6. The third-order valence-electron chi connectivity index (χ3n) is 2.89. The van der Waals surface area contributed by atoms with Gasteiger partial charge in [-0.2, -0.15) is 0 Å². The minimum absolute atomic E-state index is 0.218. The third kappa shape index (κ3) is 2.12. The Morgan fingerprint density at radius 1 is 1.39 bits per heavy atom. The molecule has 1 aliphatic carbocycles. The molecule has 1 amide bonds. The number of halogens is 1. The highest BCUT2D eigenvalue weighted by Crippen LogP contribution is 2.24. The first kappa shape index (κ1) is 11.6. The Balaban J connectivity index is 2.04. The topological polar surface area (TPSA) is 80.9 Å². The summed E-state index contributed by atoms with van der Waals surface area (Å²) in [5.41, 5.74) is 7.33. The molecule has 0 saturated heterocycles. The molecule has 6 heteroatoms. The molecule has 5 nitrogen and oxygen atoms in total. The average Bonchev–Trinajstić information content (AvgIpc) is 3.13. The molecule has 1 aliphatic rings. The summed E-state index contributed by atoms with van der Waals surface area (Å²) in [4.78, 5) is 11.9. The minimum atomic E-state index is -0.233. The van der Waals surface area contributed by atoms with Crippen molar-refractivity contribution in [1.82, 2.24) is 15.5 Å². The molecule has 1 aromatic carbocycles. The summed E-state index contributed by atoms with van der Waals surface area (Å²) >= 11 is 2.20. The van der Waals surface area contributed by atoms with Gasteiger partial charge in [-0.3, -0.25) is 4.79 Å². The predicted molar refractivity (Wildman–Crippen MR) is 77.2 cm³/mol. The van der Waals surface area contributed by atoms with Gasteiger partial charge in [0.2, 0.25) is 0 Å². The molecule has 1 heterocycles. The van der Waals surface area contributed by atoms with Crippen LogP contribution in [-0.2, 0) is 0 Å². The van der Waals surface area contributed by atoms with E-state index >= 15 is 0 Å². The minimum Gasteiger partial charge on any atom is -0.396 e. The van der Waals surface area contributed by atoms with Gasteiger partial charge in [0.25, 0.3) is 5.91 Å². The zero-order valence-electron chi connectivity index (χ0n) is 9.48. The van der Waals surface area contributed by atoms with Gasteiger partial charge in [0.05, 0.1) is 11.2 Å². The van der Waals surface area contributed by atoms with E-state index < -0.39 is 0 Å². The Hall–Kier alpha value is -1.44. The summed E-state index contributed by atoms with van der Waals surface area (Å²) in [6.45, 7) is 0. The van der Waals surface area contributed by atoms with Crippen LogP contribution in [0, 0.1) is 3.57 Å². The van der Waals surface area contributed by atoms with Crippen LogP contribution < -0.4 is 11.1 Å². The maximum Gasteiger partial charge on any atom is 0.274 e. The molecule has 1 aromatic heterocycles. The van der Waals surface area contributed by atoms with Gasteiger partial charge in [0, 0.05) is 15.0 Å². The highest BCUT2D eigenvalue weighted by molar-refractivity contribution is 14.1. The van der Waals surface area contributed by atoms with Crippen molar-refractivity contribution >= 4 is 45.1 Å². The monoisotopic (exact) mass is 354 g/mol. The van der Waals surface area contributed by atoms with Crippen LogP contribution in [-0.4, -0.2) is 22.1 Å². The van der Waals surface area contributed by atoms with Gasteiger partial charge in [-0.1, -0.05) is 0 Å². The number of benzene rings is 1. The number of carbonyl (C=O) groups is 1. The van der Waals surface area contributed by atoms with Crippen LogP contribution >= 0.6 is 22.6 Å². The molecule has 1 fully saturated rings. The number of aromatic nitrogens is 2. The predicted octanol–water partition coefficient (Wildman–Crippen LogP) is 1.71. The fraction of sp³-hybridized carbons (Fsp3) is 0.250. The van der Waals surface area contributed by atoms with Crippen LogP contribution in [0.4, 0.5) is 5.69 Å². The Bertz CT molecular complexity index is 639. The summed E-state index contributed by atoms with van der Waals surface area (Å²) in [7, 11) is 0. The largest absolute Gasteiger partial charge is 0.396 e. The fourth-order valence-corrected chi connectivity index (χ4v) is 2.22. The zero-order chi connectivity index (χ0) is 12.7. The van der Waals surface area contributed by atoms with Crippen molar-refractivity contribution in [3.63, 3.8) is 0 Å². The van der Waals surface area contributed by atoms with Crippen molar-refractivity contribution in [2.45, 2.75) is 18.9 Å². The summed E-state index contributed by atoms with van der Waals surface area (Å²) < 4.78 is 1.06. The normalized spacial score (nSPS) is 14.7. The van der Waals surface area contributed by atoms with Crippen molar-refractivity contribution in [2.75, 3.05) is 5.73 Å². The van der Waals surface area contributed by atoms with Crippen molar-refractivity contribution in [3.05, 3.63) is 27.5 Å². The molecule has 0 atom stereocenters. The molecule has 2 aromatic rings. The number of fused-ring (bicyclic) bond motifs is 1. The van der Waals surface area contributed by atoms with Crippen LogP contribution in [0.3, 0.4) is 0 Å². The lowest BCUT2D eigenvalue weighted by atomic mass is 10.1. The number of nitrogens with two attached hydrogens (primary N) is 1. The molecule has 1 saturated carbocycles. The Labute approximate surface area is 117 Å². The summed E-state index contributed by atoms with van der Waals surface area (Å²) in [5, 5.41) is 11.6. The second-order valence-corrected chi connectivity index (χ2v) is 5.62. The maximum atomic E-state index is 11.9. The molecule has 0 radical (unpaired) electrons. The molecule has 18 heavy (non-hydrogen) atoms. The Morgan fingerprint density at radius 3 is 2.89 bits per heavy atom. The number of carbonyl (C=O) groups excluding carboxylic acids is 1. The smallest absolute Gasteiger partial charge is 0.274 e. The fourth-order valence-electron chi connectivity index (χ4n) is 1.75. The number of nitrogens with zero attached hydrogens (tertiary/aromatic N) is 2. The molecule has 0 bridgehead atoms. The molecule has 3 rings (SSSR count). The average molecular weight is 354 g/mol. The first-order valence-corrected chi connectivity index (χ1v) is 6.75. The van der Waals surface area contributed by atoms with E-state index in [1.165, 1.54) is 0 Å². The van der Waals surface area contributed by atoms with E-state index in [9.17, 15) is 4.79 Å². The third-order valence-corrected chi connectivity index (χ3v) is 3.56. The lowest BCUT2D eigenvalue weighted by Crippen LogP contribution is -2.27. The Morgan fingerprint density at radius 2 is 2.17 bits per heavy atom. The van der Waals surface area contributed by atoms with E-state index in [4.69, 9.17) is 5.73 Å². The van der Waals surface area contributed by atoms with Gasteiger partial charge >= 0.3 is 0 Å². The number of hydrogen-bond acceptors (Lipinski definition) is 4. The lowest BCUT2D eigenvalue weighted by Gasteiger charge is -2.07. The van der Waals surface area contributed by atoms with Gasteiger partial charge in [0.15, 0.2) is 5.69 Å². The SMILES string of the molecule is Nc1c(C(=O)NC2CC2)nnc2cc(I)ccc12. The van der Waals surface area contributed by atoms with Crippen LogP contribution in [0.2, 0.25) is 0 Å². The molecule has 0 spiro atoms. The van der Waals surface area contributed by atoms with Gasteiger partial charge in [-0.05, 0) is 53.6 Å². The molecule has 0 aliphatic heterocycles. The summed E-state index contributed by atoms with van der Waals surface area (Å²) in [6.07, 6.45) is 2.07. The van der Waals surface area contributed by atoms with Crippen LogP contribution in [0.1, 0.15) is 23.3 Å². The van der Waals surface area contributed by atoms with E-state index in [-0.39, 0.29) is 17.6 Å². The van der Waals surface area contributed by atoms with E-state index in [1.54, 1.807) is 0 Å². The van der Waals surface area contributed by atoms with Crippen LogP contribution in [0.5, 0.6) is 0 Å². The molecule has 3 N–H and O–H groups in total. The van der Waals surface area contributed by atoms with Crippen molar-refractivity contribution in [3.8, 4) is 0 Å². The van der Waals surface area contributed by atoms with Crippen molar-refractivity contribution < 1.29 is 4.79 Å². The standard InChI is InChI=1S/C12H11IN4O/c13-6-1-4-8-9(5-6)16-17-11(10(8)14)12(18)15-7-2-3-7/h1,4-5,7H,2-3H2,(H2,14,16)(H,15,18). The van der Waals surface area contributed by atoms with Gasteiger partial charge in [0.1, 0.15) is 0 Å². The second kappa shape index (κ2) is 4.34. The lowest BCUT2D eigenvalue weighted by molar-refractivity contribution is 0.0946. The molecular formula is C12H11IN4O. The van der Waals surface area contributed by atoms with Crippen molar-refractivity contribution in [2.24, 2.45) is 0 Å². The number of amides is 1. The summed E-state index contributed by atoms with van der Waals surface area (Å²) in [6, 6.07) is 5.98. The molecular weight excluding hydrogens is 343 g/mol. The van der Waals surface area contributed by atoms with E-state index in [1.807, 2.05) is 18.2 Å². The number of anilines is 1. The molecule has 0 unspecified atom stereocenters. The molecule has 92 valence electrons. The van der Waals surface area contributed by atoms with Gasteiger partial charge < -0.3 is 11.1 Å². The van der Waals surface area contributed by atoms with Gasteiger partial charge in [-0.25, -0.2) is 0 Å². The van der Waals surface area contributed by atoms with E-state index in [2.05, 4.69) is 38.1 Å². The summed E-state index contributed by atoms with van der Waals surface area (Å²) in [5.74, 6) is -0.233. The number of nitrogen functional groups attached to an aromatic ring is 1. The van der Waals surface area contributed by atoms with Crippen molar-refractivity contribution in [1.29, 1.82) is 0 Å². The highest BCUT2D eigenvalue weighted by Gasteiger charge is 2.26. The second-order valence-electron chi connectivity index (χ2n) is 4.37. The van der Waals surface area contributed by atoms with Crippen LogP contribution in [0.15, 0.2) is 18.2 Å². The van der Waals surface area contributed by atoms with E-state index in [0.717, 1.165) is 21.8 Å².